The maximum atomic E-state index is 9.57. The maximum absolute atomic E-state index is 9.57. The van der Waals surface area contributed by atoms with Crippen molar-refractivity contribution in [1.29, 1.82) is 0 Å². The van der Waals surface area contributed by atoms with Gasteiger partial charge in [0.05, 0.1) is 25.4 Å². The van der Waals surface area contributed by atoms with E-state index in [4.69, 9.17) is 19.3 Å². The van der Waals surface area contributed by atoms with Gasteiger partial charge < -0.3 is 24.4 Å². The van der Waals surface area contributed by atoms with Crippen LogP contribution < -0.4 is 0 Å². The third kappa shape index (κ3) is 2.32. The molecule has 0 spiro atoms. The minimum Gasteiger partial charge on any atom is -0.394 e. The molecule has 4 atom stereocenters. The maximum Gasteiger partial charge on any atom is 0.163 e. The monoisotopic (exact) mass is 218 g/mol. The van der Waals surface area contributed by atoms with Gasteiger partial charge in [0.2, 0.25) is 0 Å². The molecule has 0 aromatic heterocycles. The van der Waals surface area contributed by atoms with E-state index in [1.54, 1.807) is 0 Å². The minimum atomic E-state index is -0.604. The molecule has 5 heteroatoms. The van der Waals surface area contributed by atoms with E-state index in [9.17, 15) is 5.11 Å². The third-order valence-corrected chi connectivity index (χ3v) is 2.88. The topological polar surface area (TPSA) is 68.2 Å². The van der Waals surface area contributed by atoms with Crippen LogP contribution in [0.1, 0.15) is 20.3 Å². The molecule has 0 unspecified atom stereocenters. The lowest BCUT2D eigenvalue weighted by Crippen LogP contribution is -2.31. The van der Waals surface area contributed by atoms with Gasteiger partial charge in [0.15, 0.2) is 5.79 Å². The van der Waals surface area contributed by atoms with Crippen LogP contribution in [0.15, 0.2) is 0 Å². The normalized spacial score (nSPS) is 44.8. The van der Waals surface area contributed by atoms with Crippen molar-refractivity contribution in [3.05, 3.63) is 0 Å². The van der Waals surface area contributed by atoms with E-state index in [0.717, 1.165) is 0 Å². The number of hydrogen-bond donors (Lipinski definition) is 2. The fourth-order valence-electron chi connectivity index (χ4n) is 2.06. The van der Waals surface area contributed by atoms with Crippen LogP contribution >= 0.6 is 0 Å². The first-order valence-corrected chi connectivity index (χ1v) is 5.28. The van der Waals surface area contributed by atoms with Crippen molar-refractivity contribution in [2.24, 2.45) is 0 Å². The van der Waals surface area contributed by atoms with Crippen LogP contribution in [0, 0.1) is 0 Å². The predicted molar refractivity (Wildman–Crippen MR) is 51.3 cm³/mol. The first-order chi connectivity index (χ1) is 7.02. The van der Waals surface area contributed by atoms with Crippen molar-refractivity contribution in [3.63, 3.8) is 0 Å². The Morgan fingerprint density at radius 3 is 2.53 bits per heavy atom. The summed E-state index contributed by atoms with van der Waals surface area (Å²) in [4.78, 5) is 0. The summed E-state index contributed by atoms with van der Waals surface area (Å²) >= 11 is 0. The smallest absolute Gasteiger partial charge is 0.163 e. The molecule has 0 aromatic carbocycles. The fraction of sp³-hybridized carbons (Fsp3) is 1.00. The summed E-state index contributed by atoms with van der Waals surface area (Å²) in [6.45, 7) is 4.01. The fourth-order valence-corrected chi connectivity index (χ4v) is 2.06. The van der Waals surface area contributed by atoms with Gasteiger partial charge in [0.25, 0.3) is 0 Å². The van der Waals surface area contributed by atoms with Gasteiger partial charge >= 0.3 is 0 Å². The largest absolute Gasteiger partial charge is 0.394 e. The molecular weight excluding hydrogens is 200 g/mol. The number of aliphatic hydroxyl groups is 2. The summed E-state index contributed by atoms with van der Waals surface area (Å²) in [5, 5.41) is 18.5. The molecule has 2 saturated heterocycles. The average molecular weight is 218 g/mol. The van der Waals surface area contributed by atoms with Crippen LogP contribution in [0.2, 0.25) is 0 Å². The van der Waals surface area contributed by atoms with E-state index in [2.05, 4.69) is 0 Å². The van der Waals surface area contributed by atoms with Gasteiger partial charge in [-0.1, -0.05) is 0 Å². The summed E-state index contributed by atoms with van der Waals surface area (Å²) in [7, 11) is 0. The number of ether oxygens (including phenoxy) is 3. The van der Waals surface area contributed by atoms with E-state index in [-0.39, 0.29) is 18.8 Å². The Morgan fingerprint density at radius 1 is 1.33 bits per heavy atom. The predicted octanol–water partition coefficient (Wildman–Crippen LogP) is -0.351. The van der Waals surface area contributed by atoms with Gasteiger partial charge in [-0.2, -0.15) is 0 Å². The number of aliphatic hydroxyl groups excluding tert-OH is 2. The molecular formula is C10H18O5. The zero-order valence-electron chi connectivity index (χ0n) is 9.05. The van der Waals surface area contributed by atoms with E-state index >= 15 is 0 Å². The molecule has 2 rings (SSSR count). The molecule has 0 saturated carbocycles. The van der Waals surface area contributed by atoms with Crippen LogP contribution in [-0.2, 0) is 14.2 Å². The van der Waals surface area contributed by atoms with E-state index < -0.39 is 18.0 Å². The molecule has 5 nitrogen and oxygen atoms in total. The molecule has 2 aliphatic heterocycles. The molecule has 2 heterocycles. The summed E-state index contributed by atoms with van der Waals surface area (Å²) in [6.07, 6.45) is -0.922. The first-order valence-electron chi connectivity index (χ1n) is 5.28. The Labute approximate surface area is 88.9 Å². The van der Waals surface area contributed by atoms with Crippen LogP contribution in [-0.4, -0.2) is 53.6 Å². The highest BCUT2D eigenvalue weighted by molar-refractivity contribution is 4.88. The third-order valence-electron chi connectivity index (χ3n) is 2.88. The molecule has 0 amide bonds. The molecule has 88 valence electrons. The van der Waals surface area contributed by atoms with Gasteiger partial charge in [0, 0.05) is 6.42 Å². The highest BCUT2D eigenvalue weighted by Gasteiger charge is 2.44. The molecule has 15 heavy (non-hydrogen) atoms. The summed E-state index contributed by atoms with van der Waals surface area (Å²) in [5.41, 5.74) is 0. The zero-order valence-corrected chi connectivity index (χ0v) is 9.05. The quantitative estimate of drug-likeness (QED) is 0.663. The summed E-state index contributed by atoms with van der Waals surface area (Å²) in [6, 6.07) is 0. The lowest BCUT2D eigenvalue weighted by atomic mass is 10.1. The molecule has 2 aliphatic rings. The van der Waals surface area contributed by atoms with Crippen molar-refractivity contribution in [2.45, 2.75) is 50.5 Å². The summed E-state index contributed by atoms with van der Waals surface area (Å²) < 4.78 is 16.6. The van der Waals surface area contributed by atoms with Gasteiger partial charge in [0.1, 0.15) is 12.2 Å². The van der Waals surface area contributed by atoms with Crippen molar-refractivity contribution in [2.75, 3.05) is 13.2 Å². The van der Waals surface area contributed by atoms with Gasteiger partial charge in [-0.3, -0.25) is 0 Å². The van der Waals surface area contributed by atoms with Crippen molar-refractivity contribution in [3.8, 4) is 0 Å². The SMILES string of the molecule is CC1(C)OC[C@H]([C@@H]2C[C@@H](O)[C@H](CO)O2)O1. The molecule has 2 fully saturated rings. The summed E-state index contributed by atoms with van der Waals surface area (Å²) in [5.74, 6) is -0.573. The first kappa shape index (κ1) is 11.3. The highest BCUT2D eigenvalue weighted by Crippen LogP contribution is 2.31. The van der Waals surface area contributed by atoms with Gasteiger partial charge in [-0.25, -0.2) is 0 Å². The van der Waals surface area contributed by atoms with E-state index in [1.165, 1.54) is 0 Å². The average Bonchev–Trinajstić information content (AvgIpc) is 2.69. The Kier molecular flexibility index (Phi) is 3.00. The number of rotatable bonds is 2. The molecule has 0 aromatic rings. The Hall–Kier alpha value is -0.200. The van der Waals surface area contributed by atoms with Crippen LogP contribution in [0.5, 0.6) is 0 Å². The molecule has 2 N–H and O–H groups in total. The second-order valence-electron chi connectivity index (χ2n) is 4.57. The van der Waals surface area contributed by atoms with Crippen LogP contribution in [0.25, 0.3) is 0 Å². The lowest BCUT2D eigenvalue weighted by Gasteiger charge is -2.20. The van der Waals surface area contributed by atoms with Crippen LogP contribution in [0.4, 0.5) is 0 Å². The molecule has 0 radical (unpaired) electrons. The van der Waals surface area contributed by atoms with Crippen molar-refractivity contribution >= 4 is 0 Å². The van der Waals surface area contributed by atoms with E-state index in [1.807, 2.05) is 13.8 Å². The zero-order chi connectivity index (χ0) is 11.1. The molecule has 0 aliphatic carbocycles. The van der Waals surface area contributed by atoms with Gasteiger partial charge in [-0.15, -0.1) is 0 Å². The number of hydrogen-bond acceptors (Lipinski definition) is 5. The Balaban J connectivity index is 1.91. The second-order valence-corrected chi connectivity index (χ2v) is 4.57. The molecule has 0 bridgehead atoms. The second kappa shape index (κ2) is 3.99. The minimum absolute atomic E-state index is 0.147. The van der Waals surface area contributed by atoms with Crippen LogP contribution in [0.3, 0.4) is 0 Å². The van der Waals surface area contributed by atoms with Crippen molar-refractivity contribution < 1.29 is 24.4 Å². The standard InChI is InChI=1S/C10H18O5/c1-10(2)13-5-9(15-10)7-3-6(12)8(4-11)14-7/h6-9,11-12H,3-5H2,1-2H3/t6-,7+,8+,9-/m1/s1. The Bertz CT molecular complexity index is 230. The Morgan fingerprint density at radius 2 is 2.07 bits per heavy atom. The van der Waals surface area contributed by atoms with E-state index in [0.29, 0.717) is 13.0 Å². The van der Waals surface area contributed by atoms with Crippen molar-refractivity contribution in [1.82, 2.24) is 0 Å². The lowest BCUT2D eigenvalue weighted by molar-refractivity contribution is -0.156. The van der Waals surface area contributed by atoms with Gasteiger partial charge in [-0.05, 0) is 13.8 Å². The highest BCUT2D eigenvalue weighted by atomic mass is 16.8.